The van der Waals surface area contributed by atoms with Gasteiger partial charge in [0.05, 0.1) is 26.4 Å². The zero-order chi connectivity index (χ0) is 31.4. The Morgan fingerprint density at radius 3 is 0.857 bits per heavy atom. The van der Waals surface area contributed by atoms with E-state index in [-0.39, 0.29) is 38.3 Å². The third kappa shape index (κ3) is 8.66. The van der Waals surface area contributed by atoms with Crippen LogP contribution in [0.4, 0.5) is 0 Å². The highest BCUT2D eigenvalue weighted by molar-refractivity contribution is 5.99. The number of carbonyl (C=O) groups excluding carboxylic acids is 4. The minimum atomic E-state index is -1.48. The normalized spacial score (nSPS) is 12.8. The van der Waals surface area contributed by atoms with Gasteiger partial charge in [0.2, 0.25) is 0 Å². The molecule has 0 saturated carbocycles. The van der Waals surface area contributed by atoms with E-state index in [2.05, 4.69) is 27.7 Å². The Labute approximate surface area is 250 Å². The van der Waals surface area contributed by atoms with Gasteiger partial charge in [-0.2, -0.15) is 0 Å². The summed E-state index contributed by atoms with van der Waals surface area (Å²) in [5.74, 6) is -7.77. The molecule has 0 N–H and O–H groups in total. The van der Waals surface area contributed by atoms with Crippen LogP contribution in [0, 0.1) is 11.8 Å². The van der Waals surface area contributed by atoms with Crippen molar-refractivity contribution in [2.24, 2.45) is 11.8 Å². The Morgan fingerprint density at radius 2 is 0.667 bits per heavy atom. The summed E-state index contributed by atoms with van der Waals surface area (Å²) in [5.41, 5.74) is 3.24. The first-order chi connectivity index (χ1) is 20.0. The van der Waals surface area contributed by atoms with Gasteiger partial charge in [-0.05, 0) is 61.8 Å². The van der Waals surface area contributed by atoms with Crippen LogP contribution in [0.5, 0.6) is 0 Å². The molecule has 2 aromatic carbocycles. The van der Waals surface area contributed by atoms with Gasteiger partial charge in [-0.15, -0.1) is 0 Å². The fourth-order valence-corrected chi connectivity index (χ4v) is 5.13. The molecule has 0 amide bonds. The first-order valence-corrected chi connectivity index (χ1v) is 14.9. The lowest BCUT2D eigenvalue weighted by molar-refractivity contribution is -0.169. The maximum Gasteiger partial charge on any atom is 0.320 e. The third-order valence-electron chi connectivity index (χ3n) is 7.24. The fraction of sp³-hybridized carbons (Fsp3) is 0.529. The van der Waals surface area contributed by atoms with Gasteiger partial charge in [0.25, 0.3) is 0 Å². The molecule has 0 aliphatic rings. The summed E-state index contributed by atoms with van der Waals surface area (Å²) in [6.07, 6.45) is 0. The summed E-state index contributed by atoms with van der Waals surface area (Å²) in [5, 5.41) is 0. The lowest BCUT2D eigenvalue weighted by atomic mass is 9.68. The molecule has 0 heterocycles. The topological polar surface area (TPSA) is 105 Å². The van der Waals surface area contributed by atoms with E-state index in [0.717, 1.165) is 11.1 Å². The first kappa shape index (κ1) is 34.5. The molecule has 0 aliphatic heterocycles. The number of benzene rings is 2. The number of carbonyl (C=O) groups is 4. The molecule has 0 aromatic heterocycles. The third-order valence-corrected chi connectivity index (χ3v) is 7.24. The van der Waals surface area contributed by atoms with E-state index < -0.39 is 47.5 Å². The van der Waals surface area contributed by atoms with E-state index in [9.17, 15) is 19.2 Å². The SMILES string of the molecule is CCOC(=O)C(C(=O)OCC)[C@@H](c1ccc(C(C)C)cc1)[C@H](c1ccc(C(C)C)cc1)C(C(=O)OCC)C(=O)OCC. The molecule has 2 aromatic rings. The minimum Gasteiger partial charge on any atom is -0.465 e. The summed E-state index contributed by atoms with van der Waals surface area (Å²) in [6, 6.07) is 15.0. The summed E-state index contributed by atoms with van der Waals surface area (Å²) in [6.45, 7) is 14.9. The molecule has 8 heteroatoms. The second-order valence-electron chi connectivity index (χ2n) is 10.7. The lowest BCUT2D eigenvalue weighted by Gasteiger charge is -2.35. The summed E-state index contributed by atoms with van der Waals surface area (Å²) in [7, 11) is 0. The molecular weight excluding hydrogens is 536 g/mol. The zero-order valence-corrected chi connectivity index (χ0v) is 26.2. The summed E-state index contributed by atoms with van der Waals surface area (Å²) < 4.78 is 21.6. The van der Waals surface area contributed by atoms with Gasteiger partial charge in [0.15, 0.2) is 11.8 Å². The smallest absolute Gasteiger partial charge is 0.320 e. The van der Waals surface area contributed by atoms with Gasteiger partial charge in [-0.25, -0.2) is 0 Å². The van der Waals surface area contributed by atoms with E-state index in [4.69, 9.17) is 18.9 Å². The molecule has 0 radical (unpaired) electrons. The van der Waals surface area contributed by atoms with Crippen molar-refractivity contribution in [3.8, 4) is 0 Å². The largest absolute Gasteiger partial charge is 0.465 e. The molecular formula is C34H46O8. The number of esters is 4. The maximum atomic E-state index is 13.6. The summed E-state index contributed by atoms with van der Waals surface area (Å²) in [4.78, 5) is 54.3. The first-order valence-electron chi connectivity index (χ1n) is 14.9. The van der Waals surface area contributed by atoms with Crippen molar-refractivity contribution in [3.05, 3.63) is 70.8 Å². The van der Waals surface area contributed by atoms with Gasteiger partial charge in [-0.3, -0.25) is 19.2 Å². The van der Waals surface area contributed by atoms with Crippen LogP contribution in [0.2, 0.25) is 0 Å². The Hall–Kier alpha value is -3.68. The van der Waals surface area contributed by atoms with Crippen LogP contribution in [0.1, 0.15) is 101 Å². The average Bonchev–Trinajstić information content (AvgIpc) is 2.95. The van der Waals surface area contributed by atoms with Crippen LogP contribution in [0.15, 0.2) is 48.5 Å². The van der Waals surface area contributed by atoms with E-state index in [1.807, 2.05) is 48.5 Å². The zero-order valence-electron chi connectivity index (χ0n) is 26.2. The molecule has 0 bridgehead atoms. The number of ether oxygens (including phenoxy) is 4. The predicted octanol–water partition coefficient (Wildman–Crippen LogP) is 6.29. The Balaban J connectivity index is 3.01. The van der Waals surface area contributed by atoms with E-state index >= 15 is 0 Å². The molecule has 2 rings (SSSR count). The molecule has 0 unspecified atom stereocenters. The number of hydrogen-bond acceptors (Lipinski definition) is 8. The Bertz CT molecular complexity index is 1040. The van der Waals surface area contributed by atoms with Gasteiger partial charge in [0, 0.05) is 11.8 Å². The summed E-state index contributed by atoms with van der Waals surface area (Å²) >= 11 is 0. The Morgan fingerprint density at radius 1 is 0.452 bits per heavy atom. The molecule has 42 heavy (non-hydrogen) atoms. The lowest BCUT2D eigenvalue weighted by Crippen LogP contribution is -2.42. The second kappa shape index (κ2) is 16.7. The van der Waals surface area contributed by atoms with Gasteiger partial charge >= 0.3 is 23.9 Å². The quantitative estimate of drug-likeness (QED) is 0.137. The van der Waals surface area contributed by atoms with Crippen LogP contribution < -0.4 is 0 Å². The van der Waals surface area contributed by atoms with Crippen LogP contribution in [-0.4, -0.2) is 50.3 Å². The van der Waals surface area contributed by atoms with E-state index in [1.54, 1.807) is 27.7 Å². The van der Waals surface area contributed by atoms with Gasteiger partial charge in [-0.1, -0.05) is 76.2 Å². The fourth-order valence-electron chi connectivity index (χ4n) is 5.13. The van der Waals surface area contributed by atoms with Gasteiger partial charge < -0.3 is 18.9 Å². The highest BCUT2D eigenvalue weighted by Gasteiger charge is 2.50. The number of hydrogen-bond donors (Lipinski definition) is 0. The van der Waals surface area contributed by atoms with Crippen molar-refractivity contribution in [2.45, 2.75) is 79.1 Å². The monoisotopic (exact) mass is 582 g/mol. The predicted molar refractivity (Wildman–Crippen MR) is 160 cm³/mol. The van der Waals surface area contributed by atoms with Crippen LogP contribution >= 0.6 is 0 Å². The molecule has 2 atom stereocenters. The van der Waals surface area contributed by atoms with Crippen molar-refractivity contribution in [1.29, 1.82) is 0 Å². The van der Waals surface area contributed by atoms with E-state index in [1.165, 1.54) is 0 Å². The second-order valence-corrected chi connectivity index (χ2v) is 10.7. The number of rotatable bonds is 15. The molecule has 230 valence electrons. The molecule has 8 nitrogen and oxygen atoms in total. The van der Waals surface area contributed by atoms with E-state index in [0.29, 0.717) is 11.1 Å². The standard InChI is InChI=1S/C34H46O8/c1-9-39-31(35)29(32(36)40-10-2)27(25-17-13-23(14-18-25)21(5)6)28(26-19-15-24(16-20-26)22(7)8)30(33(37)41-11-3)34(38)42-12-4/h13-22,27-30H,9-12H2,1-8H3/t27-,28-/m0/s1. The average molecular weight is 583 g/mol. The Kier molecular flexibility index (Phi) is 13.7. The van der Waals surface area contributed by atoms with Crippen LogP contribution in [0.3, 0.4) is 0 Å². The maximum absolute atomic E-state index is 13.6. The van der Waals surface area contributed by atoms with Crippen molar-refractivity contribution < 1.29 is 38.1 Å². The molecule has 0 saturated heterocycles. The molecule has 0 fully saturated rings. The van der Waals surface area contributed by atoms with Crippen LogP contribution in [0.25, 0.3) is 0 Å². The highest BCUT2D eigenvalue weighted by Crippen LogP contribution is 2.46. The van der Waals surface area contributed by atoms with Crippen molar-refractivity contribution in [3.63, 3.8) is 0 Å². The van der Waals surface area contributed by atoms with Crippen molar-refractivity contribution >= 4 is 23.9 Å². The minimum absolute atomic E-state index is 0.0285. The highest BCUT2D eigenvalue weighted by atomic mass is 16.6. The van der Waals surface area contributed by atoms with Crippen molar-refractivity contribution in [2.75, 3.05) is 26.4 Å². The van der Waals surface area contributed by atoms with Gasteiger partial charge in [0.1, 0.15) is 0 Å². The molecule has 0 aliphatic carbocycles. The van der Waals surface area contributed by atoms with Crippen molar-refractivity contribution in [1.82, 2.24) is 0 Å². The molecule has 0 spiro atoms. The van der Waals surface area contributed by atoms with Crippen LogP contribution in [-0.2, 0) is 38.1 Å².